The van der Waals surface area contributed by atoms with Gasteiger partial charge in [-0.1, -0.05) is 20.8 Å². The Labute approximate surface area is 127 Å². The Morgan fingerprint density at radius 2 is 1.86 bits per heavy atom. The number of hydrogen-bond donors (Lipinski definition) is 1. The lowest BCUT2D eigenvalue weighted by Gasteiger charge is -2.36. The molecule has 2 N–H and O–H groups in total. The monoisotopic (exact) mass is 312 g/mol. The molecule has 1 aliphatic rings. The predicted molar refractivity (Wildman–Crippen MR) is 85.7 cm³/mol. The lowest BCUT2D eigenvalue weighted by atomic mass is 10.0. The van der Waals surface area contributed by atoms with E-state index in [2.05, 4.69) is 9.88 Å². The Bertz CT molecular complexity index is 587. The summed E-state index contributed by atoms with van der Waals surface area (Å²) in [5, 5.41) is 0. The number of aromatic nitrogens is 1. The van der Waals surface area contributed by atoms with Crippen molar-refractivity contribution in [2.45, 2.75) is 20.8 Å². The molecule has 0 radical (unpaired) electrons. The highest BCUT2D eigenvalue weighted by atomic mass is 32.2. The standard InChI is InChI=1S/C14H24N4O2S/c1-14(2,3)11-21(19,20)18-8-6-17(7-9-18)13-4-5-16-10-12(13)15/h4-5,10H,6-9,11,15H2,1-3H3. The van der Waals surface area contributed by atoms with Crippen LogP contribution in [-0.2, 0) is 10.0 Å². The highest BCUT2D eigenvalue weighted by Crippen LogP contribution is 2.24. The van der Waals surface area contributed by atoms with Gasteiger partial charge in [-0.25, -0.2) is 8.42 Å². The second-order valence-electron chi connectivity index (χ2n) is 6.64. The van der Waals surface area contributed by atoms with Gasteiger partial charge < -0.3 is 10.6 Å². The van der Waals surface area contributed by atoms with Crippen LogP contribution in [0.5, 0.6) is 0 Å². The first kappa shape index (κ1) is 16.0. The van der Waals surface area contributed by atoms with E-state index < -0.39 is 10.0 Å². The third-order valence-corrected chi connectivity index (χ3v) is 5.80. The van der Waals surface area contributed by atoms with Gasteiger partial charge in [0.05, 0.1) is 23.3 Å². The molecule has 1 fully saturated rings. The maximum absolute atomic E-state index is 12.4. The molecule has 1 aromatic heterocycles. The summed E-state index contributed by atoms with van der Waals surface area (Å²) in [4.78, 5) is 6.09. The summed E-state index contributed by atoms with van der Waals surface area (Å²) in [5.41, 5.74) is 7.25. The first-order valence-corrected chi connectivity index (χ1v) is 8.72. The lowest BCUT2D eigenvalue weighted by Crippen LogP contribution is -2.50. The summed E-state index contributed by atoms with van der Waals surface area (Å²) in [5.74, 6) is 0.178. The van der Waals surface area contributed by atoms with Crippen molar-refractivity contribution in [1.29, 1.82) is 0 Å². The van der Waals surface area contributed by atoms with Gasteiger partial charge in [-0.3, -0.25) is 4.98 Å². The van der Waals surface area contributed by atoms with Crippen molar-refractivity contribution in [3.05, 3.63) is 18.5 Å². The molecule has 0 amide bonds. The van der Waals surface area contributed by atoms with Crippen molar-refractivity contribution < 1.29 is 8.42 Å². The predicted octanol–water partition coefficient (Wildman–Crippen LogP) is 1.16. The lowest BCUT2D eigenvalue weighted by molar-refractivity contribution is 0.369. The van der Waals surface area contributed by atoms with E-state index >= 15 is 0 Å². The van der Waals surface area contributed by atoms with Crippen LogP contribution in [0.3, 0.4) is 0 Å². The second kappa shape index (κ2) is 5.81. The maximum atomic E-state index is 12.4. The Kier molecular flexibility index (Phi) is 4.43. The molecule has 0 spiro atoms. The topological polar surface area (TPSA) is 79.5 Å². The van der Waals surface area contributed by atoms with E-state index in [1.54, 1.807) is 16.7 Å². The molecule has 1 aliphatic heterocycles. The largest absolute Gasteiger partial charge is 0.396 e. The normalized spacial score (nSPS) is 18.0. The molecule has 6 nitrogen and oxygen atoms in total. The summed E-state index contributed by atoms with van der Waals surface area (Å²) >= 11 is 0. The Hall–Kier alpha value is -1.34. The molecule has 7 heteroatoms. The maximum Gasteiger partial charge on any atom is 0.214 e. The minimum atomic E-state index is -3.19. The van der Waals surface area contributed by atoms with Crippen LogP contribution in [0.15, 0.2) is 18.5 Å². The number of nitrogens with zero attached hydrogens (tertiary/aromatic N) is 3. The van der Waals surface area contributed by atoms with E-state index in [0.29, 0.717) is 31.9 Å². The van der Waals surface area contributed by atoms with Crippen LogP contribution in [0.25, 0.3) is 0 Å². The number of pyridine rings is 1. The van der Waals surface area contributed by atoms with Gasteiger partial charge in [0, 0.05) is 32.4 Å². The van der Waals surface area contributed by atoms with Gasteiger partial charge in [0.2, 0.25) is 10.0 Å². The average Bonchev–Trinajstić information content (AvgIpc) is 2.37. The van der Waals surface area contributed by atoms with Crippen molar-refractivity contribution in [2.75, 3.05) is 42.6 Å². The van der Waals surface area contributed by atoms with Gasteiger partial charge in [0.1, 0.15) is 0 Å². The van der Waals surface area contributed by atoms with Gasteiger partial charge in [-0.15, -0.1) is 0 Å². The van der Waals surface area contributed by atoms with Gasteiger partial charge in [0.25, 0.3) is 0 Å². The molecule has 0 aliphatic carbocycles. The van der Waals surface area contributed by atoms with E-state index in [0.717, 1.165) is 5.69 Å². The van der Waals surface area contributed by atoms with Crippen molar-refractivity contribution >= 4 is 21.4 Å². The summed E-state index contributed by atoms with van der Waals surface area (Å²) < 4.78 is 26.4. The summed E-state index contributed by atoms with van der Waals surface area (Å²) in [6.45, 7) is 8.13. The number of piperazine rings is 1. The zero-order valence-electron chi connectivity index (χ0n) is 12.9. The Morgan fingerprint density at radius 3 is 2.38 bits per heavy atom. The van der Waals surface area contributed by atoms with Gasteiger partial charge in [-0.05, 0) is 11.5 Å². The minimum absolute atomic E-state index is 0.178. The smallest absolute Gasteiger partial charge is 0.214 e. The van der Waals surface area contributed by atoms with Gasteiger partial charge >= 0.3 is 0 Å². The number of sulfonamides is 1. The highest BCUT2D eigenvalue weighted by Gasteiger charge is 2.31. The summed E-state index contributed by atoms with van der Waals surface area (Å²) in [6.07, 6.45) is 3.33. The fourth-order valence-corrected chi connectivity index (χ4v) is 4.53. The Morgan fingerprint density at radius 1 is 1.24 bits per heavy atom. The number of hydrogen-bond acceptors (Lipinski definition) is 5. The summed E-state index contributed by atoms with van der Waals surface area (Å²) in [6, 6.07) is 1.87. The molecule has 0 atom stereocenters. The van der Waals surface area contributed by atoms with Crippen LogP contribution in [0.1, 0.15) is 20.8 Å². The molecular weight excluding hydrogens is 288 g/mol. The summed E-state index contributed by atoms with van der Waals surface area (Å²) in [7, 11) is -3.19. The van der Waals surface area contributed by atoms with E-state index in [1.807, 2.05) is 26.8 Å². The van der Waals surface area contributed by atoms with Crippen molar-refractivity contribution in [2.24, 2.45) is 5.41 Å². The molecule has 0 aromatic carbocycles. The van der Waals surface area contributed by atoms with Crippen LogP contribution < -0.4 is 10.6 Å². The van der Waals surface area contributed by atoms with Crippen LogP contribution in [0.2, 0.25) is 0 Å². The number of anilines is 2. The zero-order valence-corrected chi connectivity index (χ0v) is 13.7. The second-order valence-corrected chi connectivity index (χ2v) is 8.61. The molecule has 0 saturated carbocycles. The van der Waals surface area contributed by atoms with Crippen LogP contribution in [0, 0.1) is 5.41 Å². The van der Waals surface area contributed by atoms with Crippen LogP contribution in [0.4, 0.5) is 11.4 Å². The molecule has 21 heavy (non-hydrogen) atoms. The number of nitrogen functional groups attached to an aromatic ring is 1. The fraction of sp³-hybridized carbons (Fsp3) is 0.643. The molecule has 0 unspecified atom stereocenters. The first-order chi connectivity index (χ1) is 9.69. The first-order valence-electron chi connectivity index (χ1n) is 7.11. The van der Waals surface area contributed by atoms with Gasteiger partial charge in [-0.2, -0.15) is 4.31 Å². The van der Waals surface area contributed by atoms with E-state index in [-0.39, 0.29) is 11.2 Å². The van der Waals surface area contributed by atoms with Crippen molar-refractivity contribution in [3.8, 4) is 0 Å². The van der Waals surface area contributed by atoms with E-state index in [1.165, 1.54) is 0 Å². The Balaban J connectivity index is 2.02. The average molecular weight is 312 g/mol. The van der Waals surface area contributed by atoms with Crippen LogP contribution in [-0.4, -0.2) is 49.6 Å². The molecule has 1 aromatic rings. The minimum Gasteiger partial charge on any atom is -0.396 e. The van der Waals surface area contributed by atoms with Crippen molar-refractivity contribution in [1.82, 2.24) is 9.29 Å². The number of nitrogens with two attached hydrogens (primary N) is 1. The molecular formula is C14H24N4O2S. The van der Waals surface area contributed by atoms with Gasteiger partial charge in [0.15, 0.2) is 0 Å². The van der Waals surface area contributed by atoms with E-state index in [4.69, 9.17) is 5.73 Å². The SMILES string of the molecule is CC(C)(C)CS(=O)(=O)N1CCN(c2ccncc2N)CC1. The van der Waals surface area contributed by atoms with Crippen molar-refractivity contribution in [3.63, 3.8) is 0 Å². The third kappa shape index (κ3) is 4.07. The third-order valence-electron chi connectivity index (χ3n) is 3.42. The quantitative estimate of drug-likeness (QED) is 0.906. The molecule has 2 rings (SSSR count). The fourth-order valence-electron chi connectivity index (χ4n) is 2.53. The number of rotatable bonds is 3. The highest BCUT2D eigenvalue weighted by molar-refractivity contribution is 7.89. The molecule has 2 heterocycles. The molecule has 1 saturated heterocycles. The zero-order chi connectivity index (χ0) is 15.7. The molecule has 0 bridgehead atoms. The van der Waals surface area contributed by atoms with Crippen LogP contribution >= 0.6 is 0 Å². The molecule has 118 valence electrons. The van der Waals surface area contributed by atoms with E-state index in [9.17, 15) is 8.42 Å².